The first kappa shape index (κ1) is 12.9. The topological polar surface area (TPSA) is 41.5 Å². The first-order chi connectivity index (χ1) is 6.28. The molecule has 0 radical (unpaired) electrons. The van der Waals surface area contributed by atoms with Gasteiger partial charge in [0.15, 0.2) is 0 Å². The molecule has 0 heterocycles. The summed E-state index contributed by atoms with van der Waals surface area (Å²) in [6.07, 6.45) is 3.45. The van der Waals surface area contributed by atoms with Gasteiger partial charge in [0.05, 0.1) is 19.3 Å². The van der Waals surface area contributed by atoms with E-state index in [2.05, 4.69) is 19.2 Å². The van der Waals surface area contributed by atoms with Crippen LogP contribution in [0.1, 0.15) is 33.1 Å². The lowest BCUT2D eigenvalue weighted by Crippen LogP contribution is -2.43. The van der Waals surface area contributed by atoms with Crippen molar-refractivity contribution in [2.45, 2.75) is 45.2 Å². The van der Waals surface area contributed by atoms with Crippen LogP contribution in [-0.2, 0) is 4.74 Å². The molecule has 0 aromatic heterocycles. The maximum atomic E-state index is 9.03. The van der Waals surface area contributed by atoms with Crippen molar-refractivity contribution in [2.75, 3.05) is 20.3 Å². The predicted molar refractivity (Wildman–Crippen MR) is 54.9 cm³/mol. The maximum Gasteiger partial charge on any atom is 0.0638 e. The lowest BCUT2D eigenvalue weighted by atomic mass is 10.1. The van der Waals surface area contributed by atoms with E-state index in [9.17, 15) is 0 Å². The number of methoxy groups -OCH3 is 1. The predicted octanol–water partition coefficient (Wildman–Crippen LogP) is 1.16. The molecule has 0 fully saturated rings. The molecular weight excluding hydrogens is 166 g/mol. The van der Waals surface area contributed by atoms with Crippen molar-refractivity contribution in [3.05, 3.63) is 0 Å². The Labute approximate surface area is 81.5 Å². The number of hydrogen-bond acceptors (Lipinski definition) is 3. The van der Waals surface area contributed by atoms with Crippen LogP contribution in [0.15, 0.2) is 0 Å². The Morgan fingerprint density at radius 3 is 2.38 bits per heavy atom. The van der Waals surface area contributed by atoms with E-state index in [1.54, 1.807) is 7.11 Å². The van der Waals surface area contributed by atoms with Crippen LogP contribution in [0.5, 0.6) is 0 Å². The fraction of sp³-hybridized carbons (Fsp3) is 1.00. The van der Waals surface area contributed by atoms with Crippen LogP contribution in [0.25, 0.3) is 0 Å². The van der Waals surface area contributed by atoms with E-state index >= 15 is 0 Å². The van der Waals surface area contributed by atoms with E-state index in [-0.39, 0.29) is 12.6 Å². The Morgan fingerprint density at radius 2 is 2.00 bits per heavy atom. The second-order valence-corrected chi connectivity index (χ2v) is 3.40. The van der Waals surface area contributed by atoms with Crippen molar-refractivity contribution in [2.24, 2.45) is 0 Å². The van der Waals surface area contributed by atoms with Crippen molar-refractivity contribution in [3.8, 4) is 0 Å². The maximum absolute atomic E-state index is 9.03. The molecule has 0 aliphatic rings. The SMILES string of the molecule is CCCC(CC)NC(CO)COC. The van der Waals surface area contributed by atoms with Crippen LogP contribution in [0.3, 0.4) is 0 Å². The number of rotatable bonds is 8. The van der Waals surface area contributed by atoms with Crippen molar-refractivity contribution < 1.29 is 9.84 Å². The van der Waals surface area contributed by atoms with Crippen LogP contribution < -0.4 is 5.32 Å². The lowest BCUT2D eigenvalue weighted by Gasteiger charge is -2.22. The Kier molecular flexibility index (Phi) is 8.40. The first-order valence-corrected chi connectivity index (χ1v) is 5.14. The second kappa shape index (κ2) is 8.48. The first-order valence-electron chi connectivity index (χ1n) is 5.14. The average molecular weight is 189 g/mol. The van der Waals surface area contributed by atoms with Crippen LogP contribution >= 0.6 is 0 Å². The van der Waals surface area contributed by atoms with Crippen LogP contribution in [0, 0.1) is 0 Å². The summed E-state index contributed by atoms with van der Waals surface area (Å²) in [7, 11) is 1.66. The Morgan fingerprint density at radius 1 is 1.31 bits per heavy atom. The highest BCUT2D eigenvalue weighted by Crippen LogP contribution is 2.02. The summed E-state index contributed by atoms with van der Waals surface area (Å²) in [4.78, 5) is 0. The van der Waals surface area contributed by atoms with Gasteiger partial charge in [0.25, 0.3) is 0 Å². The summed E-state index contributed by atoms with van der Waals surface area (Å²) in [5.41, 5.74) is 0. The highest BCUT2D eigenvalue weighted by molar-refractivity contribution is 4.72. The zero-order chi connectivity index (χ0) is 10.1. The van der Waals surface area contributed by atoms with Gasteiger partial charge in [-0.1, -0.05) is 20.3 Å². The highest BCUT2D eigenvalue weighted by atomic mass is 16.5. The van der Waals surface area contributed by atoms with Crippen LogP contribution in [-0.4, -0.2) is 37.5 Å². The van der Waals surface area contributed by atoms with Gasteiger partial charge < -0.3 is 15.2 Å². The van der Waals surface area contributed by atoms with Gasteiger partial charge >= 0.3 is 0 Å². The zero-order valence-electron chi connectivity index (χ0n) is 9.05. The summed E-state index contributed by atoms with van der Waals surface area (Å²) in [5, 5.41) is 12.4. The third-order valence-corrected chi connectivity index (χ3v) is 2.19. The summed E-state index contributed by atoms with van der Waals surface area (Å²) < 4.78 is 5.00. The average Bonchev–Trinajstić information content (AvgIpc) is 2.16. The monoisotopic (exact) mass is 189 g/mol. The molecule has 0 bridgehead atoms. The molecule has 3 nitrogen and oxygen atoms in total. The Balaban J connectivity index is 3.73. The molecule has 0 saturated carbocycles. The zero-order valence-corrected chi connectivity index (χ0v) is 9.05. The molecule has 0 aromatic carbocycles. The summed E-state index contributed by atoms with van der Waals surface area (Å²) in [5.74, 6) is 0. The quantitative estimate of drug-likeness (QED) is 0.602. The van der Waals surface area contributed by atoms with Crippen LogP contribution in [0.2, 0.25) is 0 Å². The standard InChI is InChI=1S/C10H23NO2/c1-4-6-9(5-2)11-10(7-12)8-13-3/h9-12H,4-8H2,1-3H3. The third-order valence-electron chi connectivity index (χ3n) is 2.19. The largest absolute Gasteiger partial charge is 0.395 e. The molecule has 0 rings (SSSR count). The minimum absolute atomic E-state index is 0.0847. The second-order valence-electron chi connectivity index (χ2n) is 3.40. The molecule has 0 spiro atoms. The molecule has 0 saturated heterocycles. The molecule has 0 aliphatic heterocycles. The van der Waals surface area contributed by atoms with E-state index < -0.39 is 0 Å². The minimum atomic E-state index is 0.0847. The van der Waals surface area contributed by atoms with Gasteiger partial charge in [-0.15, -0.1) is 0 Å². The van der Waals surface area contributed by atoms with Crippen molar-refractivity contribution in [1.82, 2.24) is 5.32 Å². The number of ether oxygens (including phenoxy) is 1. The lowest BCUT2D eigenvalue weighted by molar-refractivity contribution is 0.120. The molecule has 80 valence electrons. The number of hydrogen-bond donors (Lipinski definition) is 2. The van der Waals surface area contributed by atoms with E-state index in [1.807, 2.05) is 0 Å². The molecule has 3 heteroatoms. The van der Waals surface area contributed by atoms with Crippen molar-refractivity contribution in [1.29, 1.82) is 0 Å². The van der Waals surface area contributed by atoms with E-state index in [0.717, 1.165) is 12.8 Å². The molecule has 2 unspecified atom stereocenters. The van der Waals surface area contributed by atoms with Gasteiger partial charge in [0.1, 0.15) is 0 Å². The summed E-state index contributed by atoms with van der Waals surface area (Å²) in [6.45, 7) is 5.06. The smallest absolute Gasteiger partial charge is 0.0638 e. The third kappa shape index (κ3) is 6.02. The van der Waals surface area contributed by atoms with Gasteiger partial charge in [-0.25, -0.2) is 0 Å². The van der Waals surface area contributed by atoms with Crippen molar-refractivity contribution in [3.63, 3.8) is 0 Å². The number of nitrogens with one attached hydrogen (secondary N) is 1. The highest BCUT2D eigenvalue weighted by Gasteiger charge is 2.11. The molecular formula is C10H23NO2. The Bertz CT molecular complexity index is 97.1. The fourth-order valence-corrected chi connectivity index (χ4v) is 1.44. The van der Waals surface area contributed by atoms with E-state index in [4.69, 9.17) is 9.84 Å². The molecule has 2 atom stereocenters. The van der Waals surface area contributed by atoms with Crippen LogP contribution in [0.4, 0.5) is 0 Å². The van der Waals surface area contributed by atoms with Gasteiger partial charge in [-0.2, -0.15) is 0 Å². The van der Waals surface area contributed by atoms with Gasteiger partial charge in [0, 0.05) is 13.2 Å². The molecule has 2 N–H and O–H groups in total. The molecule has 13 heavy (non-hydrogen) atoms. The van der Waals surface area contributed by atoms with Gasteiger partial charge in [0.2, 0.25) is 0 Å². The molecule has 0 aromatic rings. The number of aliphatic hydroxyl groups excluding tert-OH is 1. The van der Waals surface area contributed by atoms with E-state index in [0.29, 0.717) is 12.6 Å². The number of aliphatic hydroxyl groups is 1. The normalized spacial score (nSPS) is 15.7. The van der Waals surface area contributed by atoms with E-state index in [1.165, 1.54) is 6.42 Å². The Hall–Kier alpha value is -0.120. The minimum Gasteiger partial charge on any atom is -0.395 e. The molecule has 0 amide bonds. The van der Waals surface area contributed by atoms with Gasteiger partial charge in [-0.05, 0) is 12.8 Å². The fourth-order valence-electron chi connectivity index (χ4n) is 1.44. The summed E-state index contributed by atoms with van der Waals surface area (Å²) in [6, 6.07) is 0.596. The molecule has 0 aliphatic carbocycles. The van der Waals surface area contributed by atoms with Crippen molar-refractivity contribution >= 4 is 0 Å². The van der Waals surface area contributed by atoms with Gasteiger partial charge in [-0.3, -0.25) is 0 Å². The summed E-state index contributed by atoms with van der Waals surface area (Å²) >= 11 is 0.